The Kier molecular flexibility index (Phi) is 6.32. The molecule has 0 saturated heterocycles. The molecule has 0 aliphatic carbocycles. The number of benzene rings is 2. The third kappa shape index (κ3) is 4.70. The zero-order valence-electron chi connectivity index (χ0n) is 15.5. The van der Waals surface area contributed by atoms with Crippen molar-refractivity contribution in [2.24, 2.45) is 0 Å². The normalized spacial score (nSPS) is 15.9. The SMILES string of the molecule is Cc1cccc2c1OC[C@H]2C[C@H](NC(=O)Cc1ccccc1C#N)OB(O)O. The summed E-state index contributed by atoms with van der Waals surface area (Å²) in [6.07, 6.45) is -0.608. The number of hydrogen-bond acceptors (Lipinski definition) is 6. The Bertz CT molecular complexity index is 896. The zero-order chi connectivity index (χ0) is 20.1. The second-order valence-corrected chi connectivity index (χ2v) is 6.70. The highest BCUT2D eigenvalue weighted by Crippen LogP contribution is 2.38. The molecule has 8 heteroatoms. The molecule has 0 unspecified atom stereocenters. The Labute approximate surface area is 163 Å². The molecule has 1 aliphatic heterocycles. The van der Waals surface area contributed by atoms with E-state index < -0.39 is 13.5 Å². The lowest BCUT2D eigenvalue weighted by Crippen LogP contribution is -2.42. The molecule has 0 bridgehead atoms. The van der Waals surface area contributed by atoms with Crippen molar-refractivity contribution in [2.45, 2.75) is 31.9 Å². The molecule has 28 heavy (non-hydrogen) atoms. The van der Waals surface area contributed by atoms with E-state index in [4.69, 9.17) is 14.7 Å². The average Bonchev–Trinajstić information content (AvgIpc) is 3.06. The topological polar surface area (TPSA) is 112 Å². The fraction of sp³-hybridized carbons (Fsp3) is 0.300. The van der Waals surface area contributed by atoms with Crippen LogP contribution < -0.4 is 10.1 Å². The van der Waals surface area contributed by atoms with E-state index in [1.807, 2.05) is 25.1 Å². The van der Waals surface area contributed by atoms with Gasteiger partial charge in [0.2, 0.25) is 5.91 Å². The molecule has 1 aliphatic rings. The molecule has 0 saturated carbocycles. The van der Waals surface area contributed by atoms with Crippen LogP contribution >= 0.6 is 0 Å². The molecule has 3 N–H and O–H groups in total. The third-order valence-corrected chi connectivity index (χ3v) is 4.71. The van der Waals surface area contributed by atoms with Crippen LogP contribution in [0.2, 0.25) is 0 Å². The first-order valence-corrected chi connectivity index (χ1v) is 8.99. The van der Waals surface area contributed by atoms with Crippen molar-refractivity contribution >= 4 is 13.2 Å². The Morgan fingerprint density at radius 1 is 1.36 bits per heavy atom. The molecule has 0 aromatic heterocycles. The minimum atomic E-state index is -2.02. The van der Waals surface area contributed by atoms with Crippen molar-refractivity contribution in [2.75, 3.05) is 6.61 Å². The number of rotatable bonds is 7. The molecule has 1 heterocycles. The predicted octanol–water partition coefficient (Wildman–Crippen LogP) is 1.40. The molecule has 2 aromatic carbocycles. The van der Waals surface area contributed by atoms with Crippen LogP contribution in [-0.4, -0.2) is 36.1 Å². The Hall–Kier alpha value is -2.86. The molecule has 3 rings (SSSR count). The van der Waals surface area contributed by atoms with E-state index in [9.17, 15) is 14.8 Å². The first kappa shape index (κ1) is 19.9. The minimum absolute atomic E-state index is 0.0119. The number of fused-ring (bicyclic) bond motifs is 1. The maximum absolute atomic E-state index is 12.5. The van der Waals surface area contributed by atoms with Gasteiger partial charge < -0.3 is 24.8 Å². The van der Waals surface area contributed by atoms with Gasteiger partial charge in [-0.25, -0.2) is 0 Å². The maximum Gasteiger partial charge on any atom is 0.635 e. The van der Waals surface area contributed by atoms with Crippen LogP contribution in [0.15, 0.2) is 42.5 Å². The molecule has 0 spiro atoms. The van der Waals surface area contributed by atoms with E-state index in [0.717, 1.165) is 16.9 Å². The van der Waals surface area contributed by atoms with Crippen molar-refractivity contribution in [3.8, 4) is 11.8 Å². The molecule has 1 amide bonds. The van der Waals surface area contributed by atoms with E-state index in [1.165, 1.54) is 0 Å². The quantitative estimate of drug-likeness (QED) is 0.495. The third-order valence-electron chi connectivity index (χ3n) is 4.71. The number of nitrogens with zero attached hydrogens (tertiary/aromatic N) is 1. The predicted molar refractivity (Wildman–Crippen MR) is 102 cm³/mol. The molecule has 0 radical (unpaired) electrons. The van der Waals surface area contributed by atoms with E-state index in [0.29, 0.717) is 24.2 Å². The van der Waals surface area contributed by atoms with Gasteiger partial charge >= 0.3 is 7.32 Å². The summed E-state index contributed by atoms with van der Waals surface area (Å²) in [5.74, 6) is 0.396. The Balaban J connectivity index is 1.69. The lowest BCUT2D eigenvalue weighted by molar-refractivity contribution is -0.123. The van der Waals surface area contributed by atoms with E-state index in [-0.39, 0.29) is 18.2 Å². The van der Waals surface area contributed by atoms with Gasteiger partial charge in [-0.1, -0.05) is 36.4 Å². The van der Waals surface area contributed by atoms with Crippen molar-refractivity contribution in [3.63, 3.8) is 0 Å². The largest absolute Gasteiger partial charge is 0.635 e. The highest BCUT2D eigenvalue weighted by Gasteiger charge is 2.30. The second-order valence-electron chi connectivity index (χ2n) is 6.70. The summed E-state index contributed by atoms with van der Waals surface area (Å²) in [5, 5.41) is 30.3. The average molecular weight is 380 g/mol. The van der Waals surface area contributed by atoms with Crippen LogP contribution in [0.4, 0.5) is 0 Å². The van der Waals surface area contributed by atoms with Crippen LogP contribution in [0.5, 0.6) is 5.75 Å². The molecule has 7 nitrogen and oxygen atoms in total. The Morgan fingerprint density at radius 2 is 2.14 bits per heavy atom. The summed E-state index contributed by atoms with van der Waals surface area (Å²) in [6, 6.07) is 14.7. The van der Waals surface area contributed by atoms with Crippen LogP contribution in [0.3, 0.4) is 0 Å². The fourth-order valence-corrected chi connectivity index (χ4v) is 3.40. The standard InChI is InChI=1S/C20H21BN2O5/c1-13-5-4-8-17-16(12-27-20(13)17)10-19(28-21(25)26)23-18(24)9-14-6-2-3-7-15(14)11-22/h2-8,16,19,25-26H,9-10,12H2,1H3,(H,23,24)/t16-,19-/m1/s1. The number of carbonyl (C=O) groups is 1. The fourth-order valence-electron chi connectivity index (χ4n) is 3.40. The van der Waals surface area contributed by atoms with Gasteiger partial charge in [0, 0.05) is 17.9 Å². The lowest BCUT2D eigenvalue weighted by Gasteiger charge is -2.22. The molecule has 2 atom stereocenters. The molecule has 2 aromatic rings. The van der Waals surface area contributed by atoms with Gasteiger partial charge in [-0.05, 0) is 24.1 Å². The molecular weight excluding hydrogens is 359 g/mol. The van der Waals surface area contributed by atoms with E-state index in [1.54, 1.807) is 24.3 Å². The van der Waals surface area contributed by atoms with Gasteiger partial charge in [-0.15, -0.1) is 0 Å². The second kappa shape index (κ2) is 8.89. The van der Waals surface area contributed by atoms with Crippen LogP contribution in [-0.2, 0) is 15.9 Å². The highest BCUT2D eigenvalue weighted by molar-refractivity contribution is 6.32. The maximum atomic E-state index is 12.5. The molecular formula is C20H21BN2O5. The van der Waals surface area contributed by atoms with E-state index in [2.05, 4.69) is 11.4 Å². The summed E-state index contributed by atoms with van der Waals surface area (Å²) in [7, 11) is -2.02. The number of aryl methyl sites for hydroxylation is 1. The van der Waals surface area contributed by atoms with Crippen LogP contribution in [0.1, 0.15) is 34.6 Å². The van der Waals surface area contributed by atoms with Gasteiger partial charge in [0.05, 0.1) is 24.7 Å². The van der Waals surface area contributed by atoms with E-state index >= 15 is 0 Å². The molecule has 0 fully saturated rings. The van der Waals surface area contributed by atoms with Crippen LogP contribution in [0.25, 0.3) is 0 Å². The Morgan fingerprint density at radius 3 is 2.89 bits per heavy atom. The number of hydrogen-bond donors (Lipinski definition) is 3. The highest BCUT2D eigenvalue weighted by atomic mass is 16.6. The first-order chi connectivity index (χ1) is 13.5. The summed E-state index contributed by atoms with van der Waals surface area (Å²) in [4.78, 5) is 12.5. The number of para-hydroxylation sites is 1. The van der Waals surface area contributed by atoms with Crippen LogP contribution in [0, 0.1) is 18.3 Å². The number of amides is 1. The smallest absolute Gasteiger partial charge is 0.492 e. The van der Waals surface area contributed by atoms with Crippen molar-refractivity contribution in [3.05, 3.63) is 64.7 Å². The lowest BCUT2D eigenvalue weighted by atomic mass is 9.95. The zero-order valence-corrected chi connectivity index (χ0v) is 15.5. The minimum Gasteiger partial charge on any atom is -0.492 e. The van der Waals surface area contributed by atoms with Crippen molar-refractivity contribution in [1.82, 2.24) is 5.32 Å². The number of carbonyl (C=O) groups excluding carboxylic acids is 1. The summed E-state index contributed by atoms with van der Waals surface area (Å²) in [5.41, 5.74) is 3.05. The van der Waals surface area contributed by atoms with Gasteiger partial charge in [-0.3, -0.25) is 4.79 Å². The number of nitriles is 1. The van der Waals surface area contributed by atoms with Gasteiger partial charge in [0.15, 0.2) is 0 Å². The monoisotopic (exact) mass is 380 g/mol. The molecule has 144 valence electrons. The van der Waals surface area contributed by atoms with Gasteiger partial charge in [0.25, 0.3) is 0 Å². The first-order valence-electron chi connectivity index (χ1n) is 8.99. The summed E-state index contributed by atoms with van der Waals surface area (Å²) < 4.78 is 10.8. The summed E-state index contributed by atoms with van der Waals surface area (Å²) in [6.45, 7) is 2.38. The van der Waals surface area contributed by atoms with Gasteiger partial charge in [0.1, 0.15) is 12.0 Å². The summed E-state index contributed by atoms with van der Waals surface area (Å²) >= 11 is 0. The number of ether oxygens (including phenoxy) is 1. The number of nitrogens with one attached hydrogen (secondary N) is 1. The van der Waals surface area contributed by atoms with Gasteiger partial charge in [-0.2, -0.15) is 5.26 Å². The van der Waals surface area contributed by atoms with Crippen molar-refractivity contribution < 1.29 is 24.2 Å². The van der Waals surface area contributed by atoms with Crippen molar-refractivity contribution in [1.29, 1.82) is 5.26 Å².